The van der Waals surface area contributed by atoms with E-state index < -0.39 is 0 Å². The molecule has 1 atom stereocenters. The summed E-state index contributed by atoms with van der Waals surface area (Å²) in [5.74, 6) is 0.453. The molecule has 2 rings (SSSR count). The number of halogens is 2. The fourth-order valence-electron chi connectivity index (χ4n) is 1.42. The van der Waals surface area contributed by atoms with Crippen LogP contribution in [0.25, 0.3) is 0 Å². The number of hydrogen-bond donors (Lipinski definition) is 1. The molecule has 0 amide bonds. The van der Waals surface area contributed by atoms with E-state index in [4.69, 9.17) is 10.5 Å². The van der Waals surface area contributed by atoms with Crippen molar-refractivity contribution in [3.63, 3.8) is 0 Å². The van der Waals surface area contributed by atoms with Crippen LogP contribution in [0.3, 0.4) is 0 Å². The highest BCUT2D eigenvalue weighted by Gasteiger charge is 2.20. The third-order valence-corrected chi connectivity index (χ3v) is 4.58. The number of rotatable bonds is 3. The number of nitrogens with two attached hydrogens (primary N) is 1. The molecule has 0 spiro atoms. The summed E-state index contributed by atoms with van der Waals surface area (Å²) >= 11 is 8.48. The summed E-state index contributed by atoms with van der Waals surface area (Å²) in [5.41, 5.74) is 7.77. The smallest absolute Gasteiger partial charge is 0.237 e. The summed E-state index contributed by atoms with van der Waals surface area (Å²) < 4.78 is 7.15. The van der Waals surface area contributed by atoms with Gasteiger partial charge in [-0.05, 0) is 37.9 Å². The third kappa shape index (κ3) is 2.67. The zero-order valence-corrected chi connectivity index (χ0v) is 12.8. The van der Waals surface area contributed by atoms with Crippen LogP contribution in [0.5, 0.6) is 5.88 Å². The van der Waals surface area contributed by atoms with E-state index in [1.165, 1.54) is 0 Å². The van der Waals surface area contributed by atoms with E-state index in [0.717, 1.165) is 13.1 Å². The van der Waals surface area contributed by atoms with Crippen LogP contribution >= 0.6 is 43.2 Å². The molecule has 2 aromatic heterocycles. The van der Waals surface area contributed by atoms with Gasteiger partial charge in [0.05, 0.1) is 20.7 Å². The van der Waals surface area contributed by atoms with E-state index in [2.05, 4.69) is 41.8 Å². The molecular formula is C10H9Br2N3OS. The second-order valence-corrected chi connectivity index (χ2v) is 6.96. The third-order valence-electron chi connectivity index (χ3n) is 2.20. The van der Waals surface area contributed by atoms with Crippen LogP contribution in [0.2, 0.25) is 0 Å². The Bertz CT molecular complexity index is 532. The highest BCUT2D eigenvalue weighted by Crippen LogP contribution is 2.37. The molecule has 17 heavy (non-hydrogen) atoms. The number of methoxy groups -OCH3 is 1. The van der Waals surface area contributed by atoms with Crippen molar-refractivity contribution in [3.05, 3.63) is 37.3 Å². The molecule has 2 N–H and O–H groups in total. The Morgan fingerprint density at radius 3 is 2.65 bits per heavy atom. The van der Waals surface area contributed by atoms with Crippen LogP contribution in [0.1, 0.15) is 17.3 Å². The largest absolute Gasteiger partial charge is 0.480 e. The molecule has 4 nitrogen and oxygen atoms in total. The molecule has 0 aliphatic heterocycles. The van der Waals surface area contributed by atoms with E-state index >= 15 is 0 Å². The molecule has 0 fully saturated rings. The molecule has 2 heterocycles. The first-order valence-corrected chi connectivity index (χ1v) is 7.09. The topological polar surface area (TPSA) is 61.0 Å². The molecule has 0 aliphatic rings. The maximum Gasteiger partial charge on any atom is 0.237 e. The summed E-state index contributed by atoms with van der Waals surface area (Å²) in [6.45, 7) is 0. The average molecular weight is 379 g/mol. The molecule has 0 aliphatic carbocycles. The average Bonchev–Trinajstić information content (AvgIpc) is 2.67. The fourth-order valence-corrected chi connectivity index (χ4v) is 4.35. The van der Waals surface area contributed by atoms with Crippen molar-refractivity contribution in [1.29, 1.82) is 0 Å². The Morgan fingerprint density at radius 1 is 1.35 bits per heavy atom. The van der Waals surface area contributed by atoms with Gasteiger partial charge in [-0.1, -0.05) is 0 Å². The summed E-state index contributed by atoms with van der Waals surface area (Å²) in [7, 11) is 1.55. The number of hydrogen-bond acceptors (Lipinski definition) is 5. The van der Waals surface area contributed by atoms with Crippen LogP contribution in [0.4, 0.5) is 0 Å². The minimum Gasteiger partial charge on any atom is -0.480 e. The van der Waals surface area contributed by atoms with Gasteiger partial charge >= 0.3 is 0 Å². The van der Waals surface area contributed by atoms with Crippen molar-refractivity contribution in [1.82, 2.24) is 9.97 Å². The molecular weight excluding hydrogens is 370 g/mol. The number of ether oxygens (including phenoxy) is 1. The highest BCUT2D eigenvalue weighted by molar-refractivity contribution is 9.12. The lowest BCUT2D eigenvalue weighted by Gasteiger charge is -2.12. The SMILES string of the molecule is COc1nccnc1C(N)c1cc(Br)sc1Br. The first-order chi connectivity index (χ1) is 8.13. The van der Waals surface area contributed by atoms with Gasteiger partial charge in [-0.3, -0.25) is 4.98 Å². The Hall–Kier alpha value is -0.500. The Balaban J connectivity index is 2.43. The second-order valence-electron chi connectivity index (χ2n) is 3.21. The quantitative estimate of drug-likeness (QED) is 0.891. The molecule has 0 bridgehead atoms. The van der Waals surface area contributed by atoms with Crippen LogP contribution in [-0.4, -0.2) is 17.1 Å². The minimum absolute atomic E-state index is 0.365. The minimum atomic E-state index is -0.365. The molecule has 0 saturated heterocycles. The van der Waals surface area contributed by atoms with Crippen LogP contribution in [0, 0.1) is 0 Å². The van der Waals surface area contributed by atoms with Crippen LogP contribution in [0.15, 0.2) is 26.0 Å². The maximum atomic E-state index is 6.18. The van der Waals surface area contributed by atoms with Gasteiger partial charge in [-0.15, -0.1) is 11.3 Å². The van der Waals surface area contributed by atoms with Crippen LogP contribution in [-0.2, 0) is 0 Å². The van der Waals surface area contributed by atoms with Gasteiger partial charge < -0.3 is 10.5 Å². The Labute approximate surface area is 119 Å². The monoisotopic (exact) mass is 377 g/mol. The van der Waals surface area contributed by atoms with Crippen LogP contribution < -0.4 is 10.5 Å². The highest BCUT2D eigenvalue weighted by atomic mass is 79.9. The van der Waals surface area contributed by atoms with E-state index in [0.29, 0.717) is 11.6 Å². The summed E-state index contributed by atoms with van der Waals surface area (Å²) in [6.07, 6.45) is 3.18. The van der Waals surface area contributed by atoms with Crippen molar-refractivity contribution < 1.29 is 4.74 Å². The number of aromatic nitrogens is 2. The summed E-state index contributed by atoms with van der Waals surface area (Å²) in [5, 5.41) is 0. The lowest BCUT2D eigenvalue weighted by Crippen LogP contribution is -2.15. The van der Waals surface area contributed by atoms with Gasteiger partial charge in [0.25, 0.3) is 0 Å². The molecule has 0 aromatic carbocycles. The molecule has 1 unspecified atom stereocenters. The first kappa shape index (κ1) is 12.9. The van der Waals surface area contributed by atoms with Gasteiger partial charge in [0, 0.05) is 18.0 Å². The number of nitrogens with zero attached hydrogens (tertiary/aromatic N) is 2. The van der Waals surface area contributed by atoms with Crippen molar-refractivity contribution in [2.24, 2.45) is 5.73 Å². The maximum absolute atomic E-state index is 6.18. The molecule has 2 aromatic rings. The second kappa shape index (κ2) is 5.43. The zero-order valence-electron chi connectivity index (χ0n) is 8.85. The fraction of sp³-hybridized carbons (Fsp3) is 0.200. The predicted molar refractivity (Wildman–Crippen MR) is 74.3 cm³/mol. The van der Waals surface area contributed by atoms with Gasteiger partial charge in [0.1, 0.15) is 5.69 Å². The van der Waals surface area contributed by atoms with Crippen molar-refractivity contribution in [3.8, 4) is 5.88 Å². The van der Waals surface area contributed by atoms with E-state index in [9.17, 15) is 0 Å². The van der Waals surface area contributed by atoms with Gasteiger partial charge in [-0.2, -0.15) is 0 Å². The lowest BCUT2D eigenvalue weighted by molar-refractivity contribution is 0.387. The van der Waals surface area contributed by atoms with E-state index in [-0.39, 0.29) is 6.04 Å². The standard InChI is InChI=1S/C10H9Br2N3OS/c1-16-10-8(14-2-3-15-10)7(13)5-4-6(11)17-9(5)12/h2-4,7H,13H2,1H3. The van der Waals surface area contributed by atoms with Crippen molar-refractivity contribution in [2.75, 3.05) is 7.11 Å². The van der Waals surface area contributed by atoms with Crippen molar-refractivity contribution in [2.45, 2.75) is 6.04 Å². The first-order valence-electron chi connectivity index (χ1n) is 4.68. The summed E-state index contributed by atoms with van der Waals surface area (Å²) in [4.78, 5) is 8.32. The van der Waals surface area contributed by atoms with E-state index in [1.54, 1.807) is 30.8 Å². The van der Waals surface area contributed by atoms with Gasteiger partial charge in [0.2, 0.25) is 5.88 Å². The Morgan fingerprint density at radius 2 is 2.06 bits per heavy atom. The van der Waals surface area contributed by atoms with Gasteiger partial charge in [0.15, 0.2) is 0 Å². The number of thiophene rings is 1. The normalized spacial score (nSPS) is 12.5. The lowest BCUT2D eigenvalue weighted by atomic mass is 10.1. The molecule has 0 saturated carbocycles. The van der Waals surface area contributed by atoms with Crippen molar-refractivity contribution >= 4 is 43.2 Å². The Kier molecular flexibility index (Phi) is 4.13. The van der Waals surface area contributed by atoms with Gasteiger partial charge in [-0.25, -0.2) is 4.98 Å². The molecule has 0 radical (unpaired) electrons. The molecule has 90 valence electrons. The zero-order chi connectivity index (χ0) is 12.4. The molecule has 7 heteroatoms. The predicted octanol–water partition coefficient (Wildman–Crippen LogP) is 3.12. The van der Waals surface area contributed by atoms with E-state index in [1.807, 2.05) is 6.07 Å². The summed E-state index contributed by atoms with van der Waals surface area (Å²) in [6, 6.07) is 1.60.